The standard InChI is InChI=1S/C13H14N6O3/c20-12(21)8-18-6-4-10(13(18)22)19-11(15-16-17-19)7-9-3-1-2-5-14-9/h1-3,5,10H,4,6-8H2,(H,20,21). The molecule has 1 aliphatic rings. The van der Waals surface area contributed by atoms with E-state index in [1.165, 1.54) is 9.58 Å². The molecule has 3 rings (SSSR count). The Kier molecular flexibility index (Phi) is 3.77. The van der Waals surface area contributed by atoms with Crippen LogP contribution >= 0.6 is 0 Å². The van der Waals surface area contributed by atoms with Gasteiger partial charge in [0.05, 0.1) is 6.42 Å². The summed E-state index contributed by atoms with van der Waals surface area (Å²) in [4.78, 5) is 28.5. The third-order valence-electron chi connectivity index (χ3n) is 3.52. The smallest absolute Gasteiger partial charge is 0.323 e. The van der Waals surface area contributed by atoms with Crippen molar-refractivity contribution in [2.45, 2.75) is 18.9 Å². The van der Waals surface area contributed by atoms with Gasteiger partial charge in [-0.25, -0.2) is 4.68 Å². The van der Waals surface area contributed by atoms with Gasteiger partial charge in [0, 0.05) is 18.4 Å². The number of carbonyl (C=O) groups is 2. The van der Waals surface area contributed by atoms with Crippen LogP contribution in [0, 0.1) is 0 Å². The Morgan fingerprint density at radius 1 is 1.41 bits per heavy atom. The van der Waals surface area contributed by atoms with Gasteiger partial charge >= 0.3 is 5.97 Å². The lowest BCUT2D eigenvalue weighted by Crippen LogP contribution is -2.33. The van der Waals surface area contributed by atoms with Crippen LogP contribution in [-0.2, 0) is 16.0 Å². The second-order valence-corrected chi connectivity index (χ2v) is 5.00. The molecule has 0 bridgehead atoms. The summed E-state index contributed by atoms with van der Waals surface area (Å²) in [6.07, 6.45) is 2.59. The second kappa shape index (κ2) is 5.88. The highest BCUT2D eigenvalue weighted by Gasteiger charge is 2.36. The number of aromatic nitrogens is 5. The van der Waals surface area contributed by atoms with E-state index in [1.54, 1.807) is 6.20 Å². The Balaban J connectivity index is 1.78. The predicted molar refractivity (Wildman–Crippen MR) is 72.7 cm³/mol. The molecule has 2 aromatic rings. The maximum absolute atomic E-state index is 12.3. The number of likely N-dealkylation sites (tertiary alicyclic amines) is 1. The highest BCUT2D eigenvalue weighted by Crippen LogP contribution is 2.23. The number of nitrogens with zero attached hydrogens (tertiary/aromatic N) is 6. The van der Waals surface area contributed by atoms with Crippen LogP contribution in [0.2, 0.25) is 0 Å². The zero-order valence-corrected chi connectivity index (χ0v) is 11.7. The number of carbonyl (C=O) groups excluding carboxylic acids is 1. The minimum Gasteiger partial charge on any atom is -0.480 e. The minimum atomic E-state index is -1.03. The van der Waals surface area contributed by atoms with Crippen molar-refractivity contribution in [3.8, 4) is 0 Å². The molecular weight excluding hydrogens is 288 g/mol. The third kappa shape index (κ3) is 2.78. The van der Waals surface area contributed by atoms with Crippen molar-refractivity contribution < 1.29 is 14.7 Å². The summed E-state index contributed by atoms with van der Waals surface area (Å²) in [6.45, 7) is 0.0890. The second-order valence-electron chi connectivity index (χ2n) is 5.00. The number of tetrazole rings is 1. The van der Waals surface area contributed by atoms with Gasteiger partial charge in [0.25, 0.3) is 0 Å². The number of rotatable bonds is 5. The van der Waals surface area contributed by atoms with Crippen LogP contribution in [0.5, 0.6) is 0 Å². The number of carboxylic acid groups (broad SMARTS) is 1. The topological polar surface area (TPSA) is 114 Å². The van der Waals surface area contributed by atoms with Crippen molar-refractivity contribution in [1.82, 2.24) is 30.1 Å². The summed E-state index contributed by atoms with van der Waals surface area (Å²) in [6, 6.07) is 4.99. The van der Waals surface area contributed by atoms with Crippen molar-refractivity contribution >= 4 is 11.9 Å². The molecule has 0 radical (unpaired) electrons. The van der Waals surface area contributed by atoms with E-state index in [4.69, 9.17) is 5.11 Å². The average molecular weight is 302 g/mol. The molecule has 0 spiro atoms. The SMILES string of the molecule is O=C(O)CN1CCC(n2nnnc2Cc2ccccn2)C1=O. The Bertz CT molecular complexity index is 686. The molecule has 0 saturated carbocycles. The van der Waals surface area contributed by atoms with E-state index in [9.17, 15) is 9.59 Å². The number of pyridine rings is 1. The van der Waals surface area contributed by atoms with Gasteiger partial charge in [0.15, 0.2) is 5.82 Å². The number of aliphatic carboxylic acids is 1. The van der Waals surface area contributed by atoms with Crippen molar-refractivity contribution in [1.29, 1.82) is 0 Å². The first-order valence-corrected chi connectivity index (χ1v) is 6.82. The molecular formula is C13H14N6O3. The van der Waals surface area contributed by atoms with Crippen LogP contribution in [0.4, 0.5) is 0 Å². The van der Waals surface area contributed by atoms with Gasteiger partial charge in [-0.05, 0) is 29.0 Å². The van der Waals surface area contributed by atoms with Gasteiger partial charge in [-0.2, -0.15) is 0 Å². The fourth-order valence-corrected chi connectivity index (χ4v) is 2.51. The van der Waals surface area contributed by atoms with Crippen molar-refractivity contribution in [2.75, 3.05) is 13.1 Å². The van der Waals surface area contributed by atoms with Gasteiger partial charge < -0.3 is 10.0 Å². The monoisotopic (exact) mass is 302 g/mol. The molecule has 1 saturated heterocycles. The van der Waals surface area contributed by atoms with E-state index >= 15 is 0 Å². The molecule has 22 heavy (non-hydrogen) atoms. The summed E-state index contributed by atoms with van der Waals surface area (Å²) < 4.78 is 1.47. The molecule has 1 N–H and O–H groups in total. The van der Waals surface area contributed by atoms with E-state index in [0.717, 1.165) is 5.69 Å². The Labute approximate surface area is 125 Å². The molecule has 0 aliphatic carbocycles. The van der Waals surface area contributed by atoms with Crippen LogP contribution in [-0.4, -0.2) is 60.2 Å². The first-order valence-electron chi connectivity index (χ1n) is 6.82. The third-order valence-corrected chi connectivity index (χ3v) is 3.52. The van der Waals surface area contributed by atoms with E-state index < -0.39 is 12.0 Å². The van der Waals surface area contributed by atoms with Gasteiger partial charge in [0.1, 0.15) is 12.6 Å². The highest BCUT2D eigenvalue weighted by molar-refractivity contribution is 5.85. The number of hydrogen-bond acceptors (Lipinski definition) is 6. The van der Waals surface area contributed by atoms with Crippen molar-refractivity contribution in [3.05, 3.63) is 35.9 Å². The van der Waals surface area contributed by atoms with Crippen LogP contribution in [0.25, 0.3) is 0 Å². The van der Waals surface area contributed by atoms with Gasteiger partial charge in [0.2, 0.25) is 5.91 Å². The Morgan fingerprint density at radius 2 is 2.27 bits per heavy atom. The van der Waals surface area contributed by atoms with Gasteiger partial charge in [-0.15, -0.1) is 5.10 Å². The van der Waals surface area contributed by atoms with Crippen molar-refractivity contribution in [3.63, 3.8) is 0 Å². The summed E-state index contributed by atoms with van der Waals surface area (Å²) in [7, 11) is 0. The normalized spacial score (nSPS) is 17.9. The Morgan fingerprint density at radius 3 is 3.00 bits per heavy atom. The largest absolute Gasteiger partial charge is 0.480 e. The maximum atomic E-state index is 12.3. The van der Waals surface area contributed by atoms with Crippen LogP contribution < -0.4 is 0 Å². The molecule has 2 aromatic heterocycles. The summed E-state index contributed by atoms with van der Waals surface area (Å²) in [5.41, 5.74) is 0.798. The number of hydrogen-bond donors (Lipinski definition) is 1. The lowest BCUT2D eigenvalue weighted by molar-refractivity contribution is -0.143. The summed E-state index contributed by atoms with van der Waals surface area (Å²) in [5.74, 6) is -0.759. The molecule has 9 heteroatoms. The Hall–Kier alpha value is -2.84. The van der Waals surface area contributed by atoms with E-state index in [1.807, 2.05) is 18.2 Å². The maximum Gasteiger partial charge on any atom is 0.323 e. The molecule has 1 aliphatic heterocycles. The van der Waals surface area contributed by atoms with Crippen molar-refractivity contribution in [2.24, 2.45) is 0 Å². The zero-order chi connectivity index (χ0) is 15.5. The lowest BCUT2D eigenvalue weighted by atomic mass is 10.2. The predicted octanol–water partition coefficient (Wildman–Crippen LogP) is -0.483. The quantitative estimate of drug-likeness (QED) is 0.793. The molecule has 1 atom stereocenters. The molecule has 1 amide bonds. The first-order chi connectivity index (χ1) is 10.6. The highest BCUT2D eigenvalue weighted by atomic mass is 16.4. The molecule has 1 fully saturated rings. The summed E-state index contributed by atoms with van der Waals surface area (Å²) >= 11 is 0. The summed E-state index contributed by atoms with van der Waals surface area (Å²) in [5, 5.41) is 20.3. The molecule has 114 valence electrons. The molecule has 0 aromatic carbocycles. The van der Waals surface area contributed by atoms with Crippen LogP contribution in [0.15, 0.2) is 24.4 Å². The fraction of sp³-hybridized carbons (Fsp3) is 0.385. The van der Waals surface area contributed by atoms with E-state index in [-0.39, 0.29) is 12.5 Å². The number of carboxylic acids is 1. The molecule has 3 heterocycles. The average Bonchev–Trinajstić information content (AvgIpc) is 3.07. The minimum absolute atomic E-state index is 0.267. The van der Waals surface area contributed by atoms with Gasteiger partial charge in [-0.1, -0.05) is 6.07 Å². The number of amides is 1. The van der Waals surface area contributed by atoms with E-state index in [2.05, 4.69) is 20.5 Å². The first kappa shape index (κ1) is 14.1. The molecule has 1 unspecified atom stereocenters. The zero-order valence-electron chi connectivity index (χ0n) is 11.7. The lowest BCUT2D eigenvalue weighted by Gasteiger charge is -2.14. The fourth-order valence-electron chi connectivity index (χ4n) is 2.51. The van der Waals surface area contributed by atoms with Crippen LogP contribution in [0.3, 0.4) is 0 Å². The van der Waals surface area contributed by atoms with E-state index in [0.29, 0.717) is 25.2 Å². The van der Waals surface area contributed by atoms with Gasteiger partial charge in [-0.3, -0.25) is 14.6 Å². The molecule has 9 nitrogen and oxygen atoms in total. The van der Waals surface area contributed by atoms with Crippen LogP contribution in [0.1, 0.15) is 24.0 Å².